The third kappa shape index (κ3) is 4.86. The Hall–Kier alpha value is -2.39. The van der Waals surface area contributed by atoms with Crippen LogP contribution in [0.5, 0.6) is 0 Å². The van der Waals surface area contributed by atoms with Gasteiger partial charge in [-0.15, -0.1) is 11.3 Å². The lowest BCUT2D eigenvalue weighted by Gasteiger charge is -2.22. The Morgan fingerprint density at radius 2 is 2.00 bits per heavy atom. The molecule has 0 unspecified atom stereocenters. The first kappa shape index (κ1) is 19.4. The summed E-state index contributed by atoms with van der Waals surface area (Å²) >= 11 is 1.07. The fourth-order valence-corrected chi connectivity index (χ4v) is 3.82. The molecule has 1 atom stereocenters. The van der Waals surface area contributed by atoms with Gasteiger partial charge in [-0.3, -0.25) is 19.8 Å². The van der Waals surface area contributed by atoms with E-state index < -0.39 is 17.5 Å². The Kier molecular flexibility index (Phi) is 6.12. The van der Waals surface area contributed by atoms with E-state index in [0.717, 1.165) is 49.4 Å². The van der Waals surface area contributed by atoms with Gasteiger partial charge in [-0.2, -0.15) is 0 Å². The van der Waals surface area contributed by atoms with Gasteiger partial charge in [0.05, 0.1) is 0 Å². The van der Waals surface area contributed by atoms with Gasteiger partial charge < -0.3 is 5.32 Å². The van der Waals surface area contributed by atoms with Crippen LogP contribution in [-0.2, 0) is 0 Å². The van der Waals surface area contributed by atoms with Gasteiger partial charge in [-0.05, 0) is 38.1 Å². The standard InChI is InChI=1S/C18H20F2N4O2S/c1-2-24-5-3-4-14(24)9-21-17(26)15-10-27-18(22-15)23-16(25)11-6-12(19)8-13(20)7-11/h6-8,10,14H,2-5,9H2,1H3,(H,21,26)(H,22,23,25)/t14-/m1/s1. The largest absolute Gasteiger partial charge is 0.349 e. The van der Waals surface area contributed by atoms with Crippen LogP contribution in [0.25, 0.3) is 0 Å². The molecule has 144 valence electrons. The van der Waals surface area contributed by atoms with Crippen molar-refractivity contribution in [3.63, 3.8) is 0 Å². The Morgan fingerprint density at radius 1 is 1.26 bits per heavy atom. The number of likely N-dealkylation sites (tertiary alicyclic amines) is 1. The van der Waals surface area contributed by atoms with Gasteiger partial charge in [0.25, 0.3) is 11.8 Å². The second-order valence-corrected chi connectivity index (χ2v) is 7.14. The normalized spacial score (nSPS) is 17.1. The van der Waals surface area contributed by atoms with Crippen molar-refractivity contribution < 1.29 is 18.4 Å². The summed E-state index contributed by atoms with van der Waals surface area (Å²) in [6, 6.07) is 2.88. The number of halogens is 2. The minimum absolute atomic E-state index is 0.158. The molecule has 2 N–H and O–H groups in total. The Labute approximate surface area is 159 Å². The fourth-order valence-electron chi connectivity index (χ4n) is 3.13. The van der Waals surface area contributed by atoms with Crippen LogP contribution in [0, 0.1) is 11.6 Å². The molecule has 2 aromatic rings. The number of hydrogen-bond donors (Lipinski definition) is 2. The molecule has 1 aromatic heterocycles. The predicted molar refractivity (Wildman–Crippen MR) is 99.0 cm³/mol. The SMILES string of the molecule is CCN1CCC[C@@H]1CNC(=O)c1csc(NC(=O)c2cc(F)cc(F)c2)n1. The van der Waals surface area contributed by atoms with Gasteiger partial charge in [-0.25, -0.2) is 13.8 Å². The first-order chi connectivity index (χ1) is 13.0. The molecule has 1 saturated heterocycles. The maximum atomic E-state index is 13.2. The molecule has 27 heavy (non-hydrogen) atoms. The summed E-state index contributed by atoms with van der Waals surface area (Å²) in [6.07, 6.45) is 2.18. The molecule has 1 aliphatic rings. The number of thiazole rings is 1. The van der Waals surface area contributed by atoms with Crippen molar-refractivity contribution in [3.05, 3.63) is 46.5 Å². The topological polar surface area (TPSA) is 74.3 Å². The van der Waals surface area contributed by atoms with Gasteiger partial charge in [0.1, 0.15) is 17.3 Å². The predicted octanol–water partition coefficient (Wildman–Crippen LogP) is 2.89. The van der Waals surface area contributed by atoms with Crippen LogP contribution >= 0.6 is 11.3 Å². The van der Waals surface area contributed by atoms with Crippen LogP contribution in [0.3, 0.4) is 0 Å². The Morgan fingerprint density at radius 3 is 2.70 bits per heavy atom. The third-order valence-electron chi connectivity index (χ3n) is 4.49. The Balaban J connectivity index is 1.57. The van der Waals surface area contributed by atoms with E-state index in [0.29, 0.717) is 18.7 Å². The van der Waals surface area contributed by atoms with Gasteiger partial charge >= 0.3 is 0 Å². The first-order valence-electron chi connectivity index (χ1n) is 8.71. The molecule has 2 amide bonds. The van der Waals surface area contributed by atoms with E-state index in [1.54, 1.807) is 0 Å². The van der Waals surface area contributed by atoms with Crippen LogP contribution in [0.15, 0.2) is 23.6 Å². The molecule has 1 fully saturated rings. The highest BCUT2D eigenvalue weighted by molar-refractivity contribution is 7.14. The molecule has 9 heteroatoms. The van der Waals surface area contributed by atoms with Crippen LogP contribution in [0.4, 0.5) is 13.9 Å². The van der Waals surface area contributed by atoms with Crippen LogP contribution < -0.4 is 10.6 Å². The number of benzene rings is 1. The van der Waals surface area contributed by atoms with E-state index >= 15 is 0 Å². The van der Waals surface area contributed by atoms with Crippen molar-refractivity contribution >= 4 is 28.3 Å². The summed E-state index contributed by atoms with van der Waals surface area (Å²) < 4.78 is 26.4. The average Bonchev–Trinajstić information content (AvgIpc) is 3.27. The number of rotatable bonds is 6. The maximum Gasteiger partial charge on any atom is 0.270 e. The zero-order valence-electron chi connectivity index (χ0n) is 14.8. The summed E-state index contributed by atoms with van der Waals surface area (Å²) in [7, 11) is 0. The van der Waals surface area contributed by atoms with Crippen molar-refractivity contribution in [2.24, 2.45) is 0 Å². The smallest absolute Gasteiger partial charge is 0.270 e. The van der Waals surface area contributed by atoms with Crippen molar-refractivity contribution in [1.82, 2.24) is 15.2 Å². The highest BCUT2D eigenvalue weighted by Crippen LogP contribution is 2.18. The van der Waals surface area contributed by atoms with Crippen LogP contribution in [-0.4, -0.2) is 47.4 Å². The lowest BCUT2D eigenvalue weighted by atomic mass is 10.2. The van der Waals surface area contributed by atoms with Gasteiger partial charge in [-0.1, -0.05) is 6.92 Å². The molecule has 1 aromatic carbocycles. The summed E-state index contributed by atoms with van der Waals surface area (Å²) in [4.78, 5) is 30.7. The molecule has 0 spiro atoms. The number of likely N-dealkylation sites (N-methyl/N-ethyl adjacent to an activating group) is 1. The fraction of sp³-hybridized carbons (Fsp3) is 0.389. The Bertz CT molecular complexity index is 822. The summed E-state index contributed by atoms with van der Waals surface area (Å²) in [5.41, 5.74) is 0.0383. The summed E-state index contributed by atoms with van der Waals surface area (Å²) in [5, 5.41) is 7.04. The lowest BCUT2D eigenvalue weighted by Crippen LogP contribution is -2.40. The number of aromatic nitrogens is 1. The second kappa shape index (κ2) is 8.53. The number of carbonyl (C=O) groups is 2. The van der Waals surface area contributed by atoms with E-state index in [1.165, 1.54) is 5.38 Å². The maximum absolute atomic E-state index is 13.2. The number of anilines is 1. The van der Waals surface area contributed by atoms with Crippen molar-refractivity contribution in [1.29, 1.82) is 0 Å². The van der Waals surface area contributed by atoms with E-state index in [9.17, 15) is 18.4 Å². The molecule has 2 heterocycles. The second-order valence-electron chi connectivity index (χ2n) is 6.28. The quantitative estimate of drug-likeness (QED) is 0.790. The average molecular weight is 394 g/mol. The van der Waals surface area contributed by atoms with Gasteiger partial charge in [0.15, 0.2) is 5.13 Å². The zero-order valence-corrected chi connectivity index (χ0v) is 15.6. The lowest BCUT2D eigenvalue weighted by molar-refractivity contribution is 0.0936. The van der Waals surface area contributed by atoms with E-state index in [4.69, 9.17) is 0 Å². The number of carbonyl (C=O) groups excluding carboxylic acids is 2. The van der Waals surface area contributed by atoms with Crippen LogP contribution in [0.2, 0.25) is 0 Å². The van der Waals surface area contributed by atoms with Crippen LogP contribution in [0.1, 0.15) is 40.6 Å². The summed E-state index contributed by atoms with van der Waals surface area (Å²) in [6.45, 7) is 4.65. The molecule has 0 bridgehead atoms. The molecule has 0 radical (unpaired) electrons. The molecular weight excluding hydrogens is 374 g/mol. The molecule has 1 aliphatic heterocycles. The number of amides is 2. The van der Waals surface area contributed by atoms with Crippen molar-refractivity contribution in [3.8, 4) is 0 Å². The highest BCUT2D eigenvalue weighted by atomic mass is 32.1. The van der Waals surface area contributed by atoms with Crippen molar-refractivity contribution in [2.45, 2.75) is 25.8 Å². The first-order valence-corrected chi connectivity index (χ1v) is 9.59. The highest BCUT2D eigenvalue weighted by Gasteiger charge is 2.23. The van der Waals surface area contributed by atoms with Gasteiger partial charge in [0, 0.05) is 29.6 Å². The molecule has 0 saturated carbocycles. The minimum Gasteiger partial charge on any atom is -0.349 e. The van der Waals surface area contributed by atoms with E-state index in [1.807, 2.05) is 0 Å². The minimum atomic E-state index is -0.840. The number of nitrogens with zero attached hydrogens (tertiary/aromatic N) is 2. The summed E-state index contributed by atoms with van der Waals surface area (Å²) in [5.74, 6) is -2.69. The van der Waals surface area contributed by atoms with E-state index in [-0.39, 0.29) is 22.3 Å². The van der Waals surface area contributed by atoms with Crippen molar-refractivity contribution in [2.75, 3.05) is 25.0 Å². The number of nitrogens with one attached hydrogen (secondary N) is 2. The zero-order chi connectivity index (χ0) is 19.4. The molecule has 3 rings (SSSR count). The molecular formula is C18H20F2N4O2S. The van der Waals surface area contributed by atoms with E-state index in [2.05, 4.69) is 27.4 Å². The molecule has 6 nitrogen and oxygen atoms in total. The molecule has 0 aliphatic carbocycles. The third-order valence-corrected chi connectivity index (χ3v) is 5.24. The monoisotopic (exact) mass is 394 g/mol. The number of hydrogen-bond acceptors (Lipinski definition) is 5. The van der Waals surface area contributed by atoms with Gasteiger partial charge in [0.2, 0.25) is 0 Å².